The molecule has 0 aromatic carbocycles. The molecule has 1 aliphatic carbocycles. The summed E-state index contributed by atoms with van der Waals surface area (Å²) in [7, 11) is 0. The van der Waals surface area contributed by atoms with Crippen LogP contribution in [-0.2, 0) is 14.4 Å². The van der Waals surface area contributed by atoms with Crippen LogP contribution in [0.25, 0.3) is 0 Å². The van der Waals surface area contributed by atoms with Gasteiger partial charge in [0.05, 0.1) is 11.3 Å². The third kappa shape index (κ3) is 0.997. The molecule has 1 saturated carbocycles. The second-order valence-corrected chi connectivity index (χ2v) is 3.82. The molecule has 0 unspecified atom stereocenters. The van der Waals surface area contributed by atoms with E-state index in [1.807, 2.05) is 0 Å². The van der Waals surface area contributed by atoms with Gasteiger partial charge in [-0.15, -0.1) is 0 Å². The fraction of sp³-hybridized carbons (Fsp3) is 0.625. The highest BCUT2D eigenvalue weighted by Gasteiger charge is 2.68. The fourth-order valence-corrected chi connectivity index (χ4v) is 2.06. The van der Waals surface area contributed by atoms with Gasteiger partial charge in [-0.05, 0) is 12.8 Å². The van der Waals surface area contributed by atoms with Crippen molar-refractivity contribution in [2.75, 3.05) is 0 Å². The van der Waals surface area contributed by atoms with Crippen molar-refractivity contribution in [3.8, 4) is 0 Å². The van der Waals surface area contributed by atoms with E-state index >= 15 is 0 Å². The molecule has 3 atom stereocenters. The second-order valence-electron chi connectivity index (χ2n) is 3.82. The van der Waals surface area contributed by atoms with Crippen molar-refractivity contribution in [2.24, 2.45) is 11.3 Å². The summed E-state index contributed by atoms with van der Waals surface area (Å²) < 4.78 is 0. The number of nitrogens with one attached hydrogen (secondary N) is 1. The summed E-state index contributed by atoms with van der Waals surface area (Å²) in [6.45, 7) is 0. The second kappa shape index (κ2) is 2.46. The van der Waals surface area contributed by atoms with Crippen LogP contribution in [0.4, 0.5) is 0 Å². The monoisotopic (exact) mass is 199 g/mol. The summed E-state index contributed by atoms with van der Waals surface area (Å²) in [6, 6.07) is -0.924. The molecule has 6 nitrogen and oxygen atoms in total. The quantitative estimate of drug-likeness (QED) is 0.532. The van der Waals surface area contributed by atoms with E-state index < -0.39 is 35.2 Å². The first kappa shape index (κ1) is 8.98. The highest BCUT2D eigenvalue weighted by atomic mass is 16.4. The smallest absolute Gasteiger partial charge is 0.326 e. The lowest BCUT2D eigenvalue weighted by molar-refractivity contribution is -0.141. The lowest BCUT2D eigenvalue weighted by Crippen LogP contribution is -2.33. The Morgan fingerprint density at radius 3 is 2.29 bits per heavy atom. The molecule has 14 heavy (non-hydrogen) atoms. The van der Waals surface area contributed by atoms with Gasteiger partial charge in [-0.25, -0.2) is 4.79 Å². The van der Waals surface area contributed by atoms with Crippen molar-refractivity contribution in [3.63, 3.8) is 0 Å². The van der Waals surface area contributed by atoms with Gasteiger partial charge in [0, 0.05) is 0 Å². The summed E-state index contributed by atoms with van der Waals surface area (Å²) in [6.07, 6.45) is 0.357. The van der Waals surface area contributed by atoms with Gasteiger partial charge in [0.25, 0.3) is 0 Å². The number of rotatable bonds is 2. The standard InChI is InChI=1S/C8H9NO5/c10-5(11)3-1-8(3)2-4(6(12)13)9-7(8)14/h3-4H,1-2H2,(H,9,14)(H,10,11)(H,12,13)/t3-,4+,8-/m1/s1. The van der Waals surface area contributed by atoms with E-state index in [0.29, 0.717) is 0 Å². The average Bonchev–Trinajstić information content (AvgIpc) is 2.69. The van der Waals surface area contributed by atoms with Crippen LogP contribution in [0.1, 0.15) is 12.8 Å². The summed E-state index contributed by atoms with van der Waals surface area (Å²) in [5, 5.41) is 19.6. The number of hydrogen-bond acceptors (Lipinski definition) is 3. The molecule has 1 aliphatic heterocycles. The molecule has 2 aliphatic rings. The molecule has 2 rings (SSSR count). The minimum Gasteiger partial charge on any atom is -0.481 e. The largest absolute Gasteiger partial charge is 0.481 e. The van der Waals surface area contributed by atoms with Crippen LogP contribution in [-0.4, -0.2) is 34.1 Å². The molecular formula is C8H9NO5. The predicted molar refractivity (Wildman–Crippen MR) is 42.4 cm³/mol. The molecule has 0 bridgehead atoms. The van der Waals surface area contributed by atoms with Crippen molar-refractivity contribution in [1.29, 1.82) is 0 Å². The van der Waals surface area contributed by atoms with Crippen LogP contribution in [0.2, 0.25) is 0 Å². The minimum absolute atomic E-state index is 0.0954. The first-order valence-corrected chi connectivity index (χ1v) is 4.24. The molecule has 2 fully saturated rings. The normalized spacial score (nSPS) is 39.6. The van der Waals surface area contributed by atoms with E-state index in [1.165, 1.54) is 0 Å². The third-order valence-corrected chi connectivity index (χ3v) is 3.00. The molecule has 0 aromatic rings. The van der Waals surface area contributed by atoms with E-state index in [2.05, 4.69) is 5.32 Å². The summed E-state index contributed by atoms with van der Waals surface area (Å²) in [5.41, 5.74) is -0.936. The van der Waals surface area contributed by atoms with E-state index in [-0.39, 0.29) is 12.8 Å². The summed E-state index contributed by atoms with van der Waals surface area (Å²) in [4.78, 5) is 32.5. The van der Waals surface area contributed by atoms with E-state index in [0.717, 1.165) is 0 Å². The zero-order valence-electron chi connectivity index (χ0n) is 7.19. The van der Waals surface area contributed by atoms with Crippen molar-refractivity contribution in [1.82, 2.24) is 5.32 Å². The Labute approximate surface area is 78.9 Å². The Morgan fingerprint density at radius 1 is 1.29 bits per heavy atom. The number of aliphatic carboxylic acids is 2. The first-order valence-electron chi connectivity index (χ1n) is 4.24. The highest BCUT2D eigenvalue weighted by Crippen LogP contribution is 2.58. The van der Waals surface area contributed by atoms with Crippen molar-refractivity contribution in [3.05, 3.63) is 0 Å². The van der Waals surface area contributed by atoms with Gasteiger partial charge in [-0.2, -0.15) is 0 Å². The van der Waals surface area contributed by atoms with Gasteiger partial charge < -0.3 is 15.5 Å². The minimum atomic E-state index is -1.11. The van der Waals surface area contributed by atoms with Gasteiger partial charge >= 0.3 is 11.9 Å². The molecule has 76 valence electrons. The number of carboxylic acids is 2. The summed E-state index contributed by atoms with van der Waals surface area (Å²) in [5.74, 6) is -3.26. The molecule has 1 amide bonds. The van der Waals surface area contributed by atoms with Crippen LogP contribution in [0.3, 0.4) is 0 Å². The number of amides is 1. The average molecular weight is 199 g/mol. The van der Waals surface area contributed by atoms with Gasteiger partial charge in [-0.3, -0.25) is 9.59 Å². The Morgan fingerprint density at radius 2 is 1.93 bits per heavy atom. The van der Waals surface area contributed by atoms with Crippen molar-refractivity contribution in [2.45, 2.75) is 18.9 Å². The molecule has 1 heterocycles. The first-order chi connectivity index (χ1) is 6.47. The van der Waals surface area contributed by atoms with Gasteiger partial charge in [0.1, 0.15) is 6.04 Å². The SMILES string of the molecule is O=C(O)[C@@H]1C[C@@]2(C[C@@H]2C(=O)O)C(=O)N1. The van der Waals surface area contributed by atoms with Gasteiger partial charge in [0.2, 0.25) is 5.91 Å². The topological polar surface area (TPSA) is 104 Å². The maximum atomic E-state index is 11.4. The third-order valence-electron chi connectivity index (χ3n) is 3.00. The maximum Gasteiger partial charge on any atom is 0.326 e. The van der Waals surface area contributed by atoms with Crippen LogP contribution < -0.4 is 5.32 Å². The van der Waals surface area contributed by atoms with Crippen LogP contribution in [0, 0.1) is 11.3 Å². The zero-order valence-corrected chi connectivity index (χ0v) is 7.19. The molecular weight excluding hydrogens is 190 g/mol. The van der Waals surface area contributed by atoms with Crippen molar-refractivity contribution >= 4 is 17.8 Å². The Kier molecular flexibility index (Phi) is 1.58. The Bertz CT molecular complexity index is 327. The lowest BCUT2D eigenvalue weighted by atomic mass is 9.99. The maximum absolute atomic E-state index is 11.4. The summed E-state index contributed by atoms with van der Waals surface area (Å²) >= 11 is 0. The number of hydrogen-bond donors (Lipinski definition) is 3. The van der Waals surface area contributed by atoms with E-state index in [1.54, 1.807) is 0 Å². The zero-order chi connectivity index (χ0) is 10.5. The number of carbonyl (C=O) groups excluding carboxylic acids is 1. The Balaban J connectivity index is 2.15. The molecule has 3 N–H and O–H groups in total. The van der Waals surface area contributed by atoms with Crippen LogP contribution in [0.5, 0.6) is 0 Å². The molecule has 0 aromatic heterocycles. The van der Waals surface area contributed by atoms with Gasteiger partial charge in [-0.1, -0.05) is 0 Å². The Hall–Kier alpha value is -1.59. The van der Waals surface area contributed by atoms with Crippen LogP contribution in [0.15, 0.2) is 0 Å². The molecule has 1 saturated heterocycles. The number of carboxylic acid groups (broad SMARTS) is 2. The van der Waals surface area contributed by atoms with E-state index in [9.17, 15) is 14.4 Å². The van der Waals surface area contributed by atoms with E-state index in [4.69, 9.17) is 10.2 Å². The van der Waals surface area contributed by atoms with Crippen molar-refractivity contribution < 1.29 is 24.6 Å². The molecule has 0 radical (unpaired) electrons. The van der Waals surface area contributed by atoms with Gasteiger partial charge in [0.15, 0.2) is 0 Å². The molecule has 1 spiro atoms. The molecule has 6 heteroatoms. The predicted octanol–water partition coefficient (Wildman–Crippen LogP) is -0.950. The number of carbonyl (C=O) groups is 3. The van der Waals surface area contributed by atoms with Crippen LogP contribution >= 0.6 is 0 Å². The highest BCUT2D eigenvalue weighted by molar-refractivity contribution is 5.98. The lowest BCUT2D eigenvalue weighted by Gasteiger charge is -2.01. The fourth-order valence-electron chi connectivity index (χ4n) is 2.06.